The summed E-state index contributed by atoms with van der Waals surface area (Å²) < 4.78 is 15.2. The van der Waals surface area contributed by atoms with Crippen molar-refractivity contribution < 1.29 is 14.0 Å². The van der Waals surface area contributed by atoms with Crippen LogP contribution in [0.25, 0.3) is 16.9 Å². The van der Waals surface area contributed by atoms with Crippen molar-refractivity contribution in [3.05, 3.63) is 89.4 Å². The molecule has 0 aliphatic rings. The second kappa shape index (κ2) is 9.01. The number of amides is 2. The number of nitrogens with one attached hydrogen (secondary N) is 2. The zero-order chi connectivity index (χ0) is 22.7. The van der Waals surface area contributed by atoms with Crippen molar-refractivity contribution >= 4 is 23.3 Å². The maximum Gasteiger partial charge on any atom is 0.256 e. The number of halogens is 1. The number of fused-ring (bicyclic) bond motifs is 1. The van der Waals surface area contributed by atoms with Gasteiger partial charge in [-0.25, -0.2) is 9.37 Å². The fourth-order valence-electron chi connectivity index (χ4n) is 3.46. The van der Waals surface area contributed by atoms with Crippen molar-refractivity contribution in [2.45, 2.75) is 20.3 Å². The van der Waals surface area contributed by atoms with Crippen molar-refractivity contribution in [3.63, 3.8) is 0 Å². The van der Waals surface area contributed by atoms with E-state index >= 15 is 0 Å². The lowest BCUT2D eigenvalue weighted by molar-refractivity contribution is -0.118. The van der Waals surface area contributed by atoms with E-state index in [9.17, 15) is 14.0 Å². The Balaban J connectivity index is 1.61. The summed E-state index contributed by atoms with van der Waals surface area (Å²) in [6, 6.07) is 17.1. The van der Waals surface area contributed by atoms with Gasteiger partial charge in [-0.15, -0.1) is 0 Å². The molecule has 6 nitrogen and oxygen atoms in total. The number of imidazole rings is 1. The fraction of sp³-hybridized carbons (Fsp3) is 0.160. The van der Waals surface area contributed by atoms with Gasteiger partial charge in [0.25, 0.3) is 5.91 Å². The molecule has 2 N–H and O–H groups in total. The van der Waals surface area contributed by atoms with E-state index < -0.39 is 0 Å². The maximum atomic E-state index is 13.4. The molecule has 0 saturated heterocycles. The number of hydrogen-bond donors (Lipinski definition) is 2. The topological polar surface area (TPSA) is 75.5 Å². The summed E-state index contributed by atoms with van der Waals surface area (Å²) in [6.07, 6.45) is 2.54. The van der Waals surface area contributed by atoms with Crippen LogP contribution >= 0.6 is 0 Å². The molecule has 2 aromatic heterocycles. The molecule has 2 aromatic carbocycles. The van der Waals surface area contributed by atoms with Crippen molar-refractivity contribution in [2.24, 2.45) is 0 Å². The molecular weight excluding hydrogens is 407 g/mol. The lowest BCUT2D eigenvalue weighted by Crippen LogP contribution is -2.22. The minimum Gasteiger partial charge on any atom is -0.356 e. The number of carbonyl (C=O) groups excluding carboxylic acids is 2. The molecule has 0 saturated carbocycles. The Morgan fingerprint density at radius 3 is 2.44 bits per heavy atom. The number of benzene rings is 2. The van der Waals surface area contributed by atoms with Gasteiger partial charge in [0, 0.05) is 30.8 Å². The highest BCUT2D eigenvalue weighted by atomic mass is 19.1. The van der Waals surface area contributed by atoms with Crippen LogP contribution in [-0.4, -0.2) is 27.7 Å². The second-order valence-electron chi connectivity index (χ2n) is 7.63. The first-order valence-corrected chi connectivity index (χ1v) is 10.3. The van der Waals surface area contributed by atoms with Gasteiger partial charge in [0.2, 0.25) is 5.91 Å². The molecule has 0 atom stereocenters. The minimum absolute atomic E-state index is 0.0683. The van der Waals surface area contributed by atoms with Crippen LogP contribution in [0.5, 0.6) is 0 Å². The Morgan fingerprint density at radius 1 is 1.03 bits per heavy atom. The highest BCUT2D eigenvalue weighted by molar-refractivity contribution is 6.05. The maximum absolute atomic E-state index is 13.4. The molecule has 0 aliphatic heterocycles. The van der Waals surface area contributed by atoms with Crippen LogP contribution in [0.1, 0.15) is 28.4 Å². The molecular formula is C25H23FN4O2. The SMILES string of the molecule is CC(=O)NCCc1ccc(C(=O)Nc2c(-c3ccc(F)cc3)nc3cc(C)ccn23)cc1. The standard InChI is InChI=1S/C25H23FN4O2/c1-16-12-14-30-22(15-16)28-23(19-7-9-21(26)10-8-19)24(30)29-25(32)20-5-3-18(4-6-20)11-13-27-17(2)31/h3-10,12,14-15H,11,13H2,1-2H3,(H,27,31)(H,29,32). The Kier molecular flexibility index (Phi) is 5.98. The average molecular weight is 430 g/mol. The monoisotopic (exact) mass is 430 g/mol. The van der Waals surface area contributed by atoms with Crippen LogP contribution < -0.4 is 10.6 Å². The average Bonchev–Trinajstić information content (AvgIpc) is 3.11. The van der Waals surface area contributed by atoms with Gasteiger partial charge in [0.05, 0.1) is 0 Å². The van der Waals surface area contributed by atoms with Crippen molar-refractivity contribution in [1.82, 2.24) is 14.7 Å². The number of pyridine rings is 1. The molecule has 0 unspecified atom stereocenters. The number of aryl methyl sites for hydroxylation is 1. The molecule has 2 amide bonds. The van der Waals surface area contributed by atoms with E-state index in [2.05, 4.69) is 15.6 Å². The number of aromatic nitrogens is 2. The van der Waals surface area contributed by atoms with Gasteiger partial charge < -0.3 is 10.6 Å². The Morgan fingerprint density at radius 2 is 1.75 bits per heavy atom. The van der Waals surface area contributed by atoms with Gasteiger partial charge >= 0.3 is 0 Å². The highest BCUT2D eigenvalue weighted by Crippen LogP contribution is 2.29. The molecule has 4 rings (SSSR count). The summed E-state index contributed by atoms with van der Waals surface area (Å²) in [5.41, 5.74) is 4.52. The molecule has 0 radical (unpaired) electrons. The molecule has 0 spiro atoms. The third-order valence-corrected chi connectivity index (χ3v) is 5.13. The van der Waals surface area contributed by atoms with E-state index in [0.29, 0.717) is 41.3 Å². The van der Waals surface area contributed by atoms with Crippen LogP contribution in [0.2, 0.25) is 0 Å². The van der Waals surface area contributed by atoms with Gasteiger partial charge in [-0.1, -0.05) is 12.1 Å². The van der Waals surface area contributed by atoms with E-state index in [0.717, 1.165) is 11.1 Å². The van der Waals surface area contributed by atoms with E-state index in [-0.39, 0.29) is 17.6 Å². The van der Waals surface area contributed by atoms with Gasteiger partial charge in [-0.05, 0) is 73.0 Å². The largest absolute Gasteiger partial charge is 0.356 e. The zero-order valence-electron chi connectivity index (χ0n) is 17.9. The molecule has 0 bridgehead atoms. The lowest BCUT2D eigenvalue weighted by Gasteiger charge is -2.09. The van der Waals surface area contributed by atoms with Gasteiger partial charge in [0.15, 0.2) is 0 Å². The van der Waals surface area contributed by atoms with E-state index in [1.165, 1.54) is 19.1 Å². The van der Waals surface area contributed by atoms with Gasteiger partial charge in [-0.2, -0.15) is 0 Å². The van der Waals surface area contributed by atoms with Gasteiger partial charge in [-0.3, -0.25) is 14.0 Å². The van der Waals surface area contributed by atoms with Crippen LogP contribution in [0.3, 0.4) is 0 Å². The molecule has 2 heterocycles. The Labute approximate surface area is 185 Å². The number of hydrogen-bond acceptors (Lipinski definition) is 3. The summed E-state index contributed by atoms with van der Waals surface area (Å²) in [5.74, 6) is -0.158. The Hall–Kier alpha value is -4.00. The number of nitrogens with zero attached hydrogens (tertiary/aromatic N) is 2. The molecule has 4 aromatic rings. The summed E-state index contributed by atoms with van der Waals surface area (Å²) in [6.45, 7) is 4.00. The number of anilines is 1. The fourth-order valence-corrected chi connectivity index (χ4v) is 3.46. The highest BCUT2D eigenvalue weighted by Gasteiger charge is 2.17. The second-order valence-corrected chi connectivity index (χ2v) is 7.63. The summed E-state index contributed by atoms with van der Waals surface area (Å²) in [5, 5.41) is 5.73. The molecule has 0 fully saturated rings. The van der Waals surface area contributed by atoms with E-state index in [1.54, 1.807) is 24.3 Å². The zero-order valence-corrected chi connectivity index (χ0v) is 17.9. The van der Waals surface area contributed by atoms with Crippen molar-refractivity contribution in [2.75, 3.05) is 11.9 Å². The third-order valence-electron chi connectivity index (χ3n) is 5.13. The van der Waals surface area contributed by atoms with Crippen LogP contribution in [0.15, 0.2) is 66.9 Å². The van der Waals surface area contributed by atoms with Crippen LogP contribution in [-0.2, 0) is 11.2 Å². The first-order chi connectivity index (χ1) is 15.4. The van der Waals surface area contributed by atoms with Crippen molar-refractivity contribution in [1.29, 1.82) is 0 Å². The molecule has 0 aliphatic carbocycles. The van der Waals surface area contributed by atoms with E-state index in [1.807, 2.05) is 41.8 Å². The normalized spacial score (nSPS) is 10.8. The first-order valence-electron chi connectivity index (χ1n) is 10.3. The van der Waals surface area contributed by atoms with Gasteiger partial charge in [0.1, 0.15) is 23.0 Å². The lowest BCUT2D eigenvalue weighted by atomic mass is 10.1. The Bertz CT molecular complexity index is 1280. The first kappa shape index (κ1) is 21.2. The van der Waals surface area contributed by atoms with Crippen molar-refractivity contribution in [3.8, 4) is 11.3 Å². The minimum atomic E-state index is -0.336. The molecule has 32 heavy (non-hydrogen) atoms. The predicted molar refractivity (Wildman–Crippen MR) is 122 cm³/mol. The number of carbonyl (C=O) groups is 2. The van der Waals surface area contributed by atoms with E-state index in [4.69, 9.17) is 0 Å². The molecule has 7 heteroatoms. The van der Waals surface area contributed by atoms with Crippen LogP contribution in [0.4, 0.5) is 10.2 Å². The third kappa shape index (κ3) is 4.67. The summed E-state index contributed by atoms with van der Waals surface area (Å²) in [4.78, 5) is 28.7. The molecule has 162 valence electrons. The summed E-state index contributed by atoms with van der Waals surface area (Å²) >= 11 is 0. The number of rotatable bonds is 6. The predicted octanol–water partition coefficient (Wildman–Crippen LogP) is 4.38. The van der Waals surface area contributed by atoms with Crippen LogP contribution in [0, 0.1) is 12.7 Å². The quantitative estimate of drug-likeness (QED) is 0.477. The smallest absolute Gasteiger partial charge is 0.256 e. The summed E-state index contributed by atoms with van der Waals surface area (Å²) in [7, 11) is 0.